The number of nitro groups is 2. The van der Waals surface area contributed by atoms with Crippen LogP contribution in [-0.4, -0.2) is 48.1 Å². The second-order valence-electron chi connectivity index (χ2n) is 14.4. The molecule has 0 fully saturated rings. The van der Waals surface area contributed by atoms with Gasteiger partial charge in [0.15, 0.2) is 0 Å². The predicted molar refractivity (Wildman–Crippen MR) is 222 cm³/mol. The summed E-state index contributed by atoms with van der Waals surface area (Å²) in [6, 6.07) is 13.2. The van der Waals surface area contributed by atoms with Crippen LogP contribution < -0.4 is 29.6 Å². The molecule has 0 unspecified atom stereocenters. The normalized spacial score (nSPS) is 12.0. The number of benzene rings is 4. The van der Waals surface area contributed by atoms with Crippen LogP contribution in [0.5, 0.6) is 23.0 Å². The lowest BCUT2D eigenvalue weighted by Gasteiger charge is -2.24. The minimum Gasteiger partial charge on any atom is -0.493 e. The van der Waals surface area contributed by atoms with Crippen LogP contribution in [0.3, 0.4) is 0 Å². The van der Waals surface area contributed by atoms with E-state index in [-0.39, 0.29) is 48.9 Å². The Labute approximate surface area is 338 Å². The highest BCUT2D eigenvalue weighted by Crippen LogP contribution is 2.43. The quantitative estimate of drug-likeness (QED) is 0.0721. The van der Waals surface area contributed by atoms with E-state index in [0.29, 0.717) is 131 Å². The van der Waals surface area contributed by atoms with Gasteiger partial charge in [0.05, 0.1) is 36.3 Å². The smallest absolute Gasteiger partial charge is 0.270 e. The van der Waals surface area contributed by atoms with E-state index in [1.807, 2.05) is 39.8 Å². The van der Waals surface area contributed by atoms with E-state index in [0.717, 1.165) is 0 Å². The third kappa shape index (κ3) is 10.6. The van der Waals surface area contributed by atoms with E-state index in [1.54, 1.807) is 12.1 Å². The van der Waals surface area contributed by atoms with Gasteiger partial charge in [0.25, 0.3) is 11.4 Å². The summed E-state index contributed by atoms with van der Waals surface area (Å²) in [6.45, 7) is 12.1. The van der Waals surface area contributed by atoms with Gasteiger partial charge in [-0.3, -0.25) is 29.8 Å². The first-order valence-electron chi connectivity index (χ1n) is 19.8. The fraction of sp³-hybridized carbons (Fsp3) is 0.409. The fourth-order valence-corrected chi connectivity index (χ4v) is 7.17. The number of amides is 2. The number of nitro benzene ring substituents is 2. The highest BCUT2D eigenvalue weighted by Gasteiger charge is 2.27. The average Bonchev–Trinajstić information content (AvgIpc) is 3.15. The molecule has 4 aromatic rings. The molecule has 1 aliphatic rings. The average molecular weight is 797 g/mol. The summed E-state index contributed by atoms with van der Waals surface area (Å²) in [5.74, 6) is 1.35. The Hall–Kier alpha value is -6.18. The molecule has 14 nitrogen and oxygen atoms in total. The van der Waals surface area contributed by atoms with Crippen molar-refractivity contribution in [3.63, 3.8) is 0 Å². The maximum atomic E-state index is 12.6. The summed E-state index contributed by atoms with van der Waals surface area (Å²) in [5.41, 5.74) is 5.23. The first-order chi connectivity index (χ1) is 27.8. The molecule has 0 saturated heterocycles. The van der Waals surface area contributed by atoms with Gasteiger partial charge < -0.3 is 29.6 Å². The molecular weight excluding hydrogens is 745 g/mol. The molecule has 0 radical (unpaired) electrons. The van der Waals surface area contributed by atoms with Crippen LogP contribution in [0.15, 0.2) is 48.5 Å². The van der Waals surface area contributed by atoms with Crippen LogP contribution in [0.4, 0.5) is 22.7 Å². The Morgan fingerprint density at radius 1 is 0.483 bits per heavy atom. The molecule has 0 saturated carbocycles. The van der Waals surface area contributed by atoms with E-state index in [2.05, 4.69) is 10.6 Å². The summed E-state index contributed by atoms with van der Waals surface area (Å²) in [4.78, 5) is 49.2. The number of rotatable bonds is 16. The minimum atomic E-state index is -0.465. The van der Waals surface area contributed by atoms with Gasteiger partial charge in [0.1, 0.15) is 23.0 Å². The standard InChI is InChI=1S/C44H52N4O10/c1-7-11-55-41-29-15-30-20-38(46-28(6)50)22-32(42(30)56-12-8-2)17-34-24-40(48(53)54)26-36(44(34)58-14-10-4)18-35-25-39(47(51)52)23-33(43(35)57-13-9-3)16-31(41)21-37(19-29)45-27(5)49/h19-26H,7-18H2,1-6H3,(H,45,49)(H,46,50). The molecule has 0 heterocycles. The largest absolute Gasteiger partial charge is 0.493 e. The molecule has 0 spiro atoms. The Balaban J connectivity index is 1.96. The number of carbonyl (C=O) groups excluding carboxylic acids is 2. The summed E-state index contributed by atoms with van der Waals surface area (Å²) in [5, 5.41) is 30.9. The molecule has 0 atom stereocenters. The molecule has 0 aromatic heterocycles. The Bertz CT molecular complexity index is 2030. The molecule has 2 N–H and O–H groups in total. The molecule has 1 aliphatic carbocycles. The van der Waals surface area contributed by atoms with Gasteiger partial charge in [0.2, 0.25) is 11.8 Å². The Morgan fingerprint density at radius 3 is 0.897 bits per heavy atom. The molecule has 2 amide bonds. The van der Waals surface area contributed by atoms with Crippen LogP contribution in [0, 0.1) is 20.2 Å². The SMILES string of the molecule is CCCOc1c2cc(NC(C)=O)cc1Cc1cc([N+](=O)[O-])cc(c1OCCC)Cc1cc([N+](=O)[O-])cc(c1OCCC)Cc1cc(NC(C)=O)cc(c1OCCC)C2. The van der Waals surface area contributed by atoms with Crippen molar-refractivity contribution in [3.8, 4) is 23.0 Å². The van der Waals surface area contributed by atoms with E-state index < -0.39 is 9.85 Å². The minimum absolute atomic E-state index is 0.00814. The third-order valence-electron chi connectivity index (χ3n) is 9.33. The van der Waals surface area contributed by atoms with Gasteiger partial charge in [0, 0.05) is 120 Å². The highest BCUT2D eigenvalue weighted by molar-refractivity contribution is 5.90. The van der Waals surface area contributed by atoms with E-state index in [1.165, 1.54) is 38.1 Å². The number of fused-ring (bicyclic) bond motifs is 8. The predicted octanol–water partition coefficient (Wildman–Crippen LogP) is 9.25. The third-order valence-corrected chi connectivity index (χ3v) is 9.33. The van der Waals surface area contributed by atoms with E-state index in [9.17, 15) is 29.8 Å². The van der Waals surface area contributed by atoms with Crippen LogP contribution in [-0.2, 0) is 35.3 Å². The summed E-state index contributed by atoms with van der Waals surface area (Å²) in [7, 11) is 0. The van der Waals surface area contributed by atoms with Crippen molar-refractivity contribution in [2.75, 3.05) is 37.1 Å². The number of nitrogens with one attached hydrogen (secondary N) is 2. The fourth-order valence-electron chi connectivity index (χ4n) is 7.17. The number of carbonyl (C=O) groups is 2. The van der Waals surface area contributed by atoms with Crippen molar-refractivity contribution in [1.29, 1.82) is 0 Å². The van der Waals surface area contributed by atoms with Gasteiger partial charge in [-0.15, -0.1) is 0 Å². The zero-order valence-corrected chi connectivity index (χ0v) is 34.1. The van der Waals surface area contributed by atoms with Crippen LogP contribution in [0.25, 0.3) is 0 Å². The van der Waals surface area contributed by atoms with Crippen LogP contribution >= 0.6 is 0 Å². The van der Waals surface area contributed by atoms with Crippen molar-refractivity contribution >= 4 is 34.6 Å². The summed E-state index contributed by atoms with van der Waals surface area (Å²) in [6.07, 6.45) is 3.14. The first kappa shape index (κ1) is 43.0. The van der Waals surface area contributed by atoms with Gasteiger partial charge in [-0.1, -0.05) is 27.7 Å². The number of hydrogen-bond acceptors (Lipinski definition) is 10. The lowest BCUT2D eigenvalue weighted by atomic mass is 9.90. The number of non-ortho nitro benzene ring substituents is 2. The molecule has 308 valence electrons. The molecule has 5 rings (SSSR count). The Morgan fingerprint density at radius 2 is 0.707 bits per heavy atom. The van der Waals surface area contributed by atoms with E-state index >= 15 is 0 Å². The van der Waals surface area contributed by atoms with Crippen molar-refractivity contribution in [2.45, 2.75) is 92.9 Å². The molecule has 8 bridgehead atoms. The zero-order valence-electron chi connectivity index (χ0n) is 34.1. The van der Waals surface area contributed by atoms with Crippen LogP contribution in [0.2, 0.25) is 0 Å². The highest BCUT2D eigenvalue weighted by atomic mass is 16.6. The number of ether oxygens (including phenoxy) is 4. The maximum absolute atomic E-state index is 12.6. The molecular formula is C44H52N4O10. The van der Waals surface area contributed by atoms with Gasteiger partial charge in [-0.25, -0.2) is 0 Å². The molecule has 58 heavy (non-hydrogen) atoms. The lowest BCUT2D eigenvalue weighted by molar-refractivity contribution is -0.385. The monoisotopic (exact) mass is 796 g/mol. The Kier molecular flexibility index (Phi) is 14.7. The van der Waals surface area contributed by atoms with Crippen molar-refractivity contribution in [3.05, 3.63) is 113 Å². The molecule has 4 aromatic carbocycles. The lowest BCUT2D eigenvalue weighted by Crippen LogP contribution is -2.13. The van der Waals surface area contributed by atoms with Gasteiger partial charge in [-0.2, -0.15) is 0 Å². The van der Waals surface area contributed by atoms with Crippen LogP contribution in [0.1, 0.15) is 112 Å². The molecule has 14 heteroatoms. The topological polar surface area (TPSA) is 181 Å². The molecule has 0 aliphatic heterocycles. The second-order valence-corrected chi connectivity index (χ2v) is 14.4. The van der Waals surface area contributed by atoms with Gasteiger partial charge in [-0.05, 0) is 49.9 Å². The van der Waals surface area contributed by atoms with Crippen molar-refractivity contribution in [2.24, 2.45) is 0 Å². The number of anilines is 2. The summed E-state index contributed by atoms with van der Waals surface area (Å²) < 4.78 is 25.9. The maximum Gasteiger partial charge on any atom is 0.270 e. The zero-order chi connectivity index (χ0) is 41.9. The number of hydrogen-bond donors (Lipinski definition) is 2. The summed E-state index contributed by atoms with van der Waals surface area (Å²) >= 11 is 0. The van der Waals surface area contributed by atoms with Crippen molar-refractivity contribution in [1.82, 2.24) is 0 Å². The van der Waals surface area contributed by atoms with E-state index in [4.69, 9.17) is 18.9 Å². The first-order valence-corrected chi connectivity index (χ1v) is 19.8. The second kappa shape index (κ2) is 19.8. The van der Waals surface area contributed by atoms with Crippen molar-refractivity contribution < 1.29 is 38.4 Å². The van der Waals surface area contributed by atoms with Gasteiger partial charge >= 0.3 is 0 Å². The number of nitrogens with zero attached hydrogens (tertiary/aromatic N) is 2.